The number of fused-ring (bicyclic) bond motifs is 1. The Morgan fingerprint density at radius 1 is 1.33 bits per heavy atom. The number of aromatic nitrogens is 3. The molecule has 0 saturated carbocycles. The Balaban J connectivity index is 2.10. The first-order valence-corrected chi connectivity index (χ1v) is 7.75. The third-order valence-corrected chi connectivity index (χ3v) is 3.95. The summed E-state index contributed by atoms with van der Waals surface area (Å²) in [5.41, 5.74) is 2.40. The molecule has 0 spiro atoms. The average molecular weight is 297 g/mol. The highest BCUT2D eigenvalue weighted by atomic mass is 32.1. The van der Waals surface area contributed by atoms with E-state index in [-0.39, 0.29) is 5.56 Å². The second kappa shape index (κ2) is 6.01. The first kappa shape index (κ1) is 13.7. The fourth-order valence-electron chi connectivity index (χ4n) is 2.19. The average Bonchev–Trinajstić information content (AvgIpc) is 2.98. The Bertz CT molecular complexity index is 834. The van der Waals surface area contributed by atoms with E-state index >= 15 is 0 Å². The summed E-state index contributed by atoms with van der Waals surface area (Å²) in [6, 6.07) is 5.74. The Hall–Kier alpha value is -2.27. The minimum atomic E-state index is 0.0313. The number of pyridine rings is 1. The van der Waals surface area contributed by atoms with E-state index in [1.807, 2.05) is 35.7 Å². The van der Waals surface area contributed by atoms with E-state index in [1.54, 1.807) is 16.8 Å². The molecule has 0 aliphatic rings. The Labute approximate surface area is 126 Å². The van der Waals surface area contributed by atoms with Gasteiger partial charge < -0.3 is 0 Å². The van der Waals surface area contributed by atoms with Gasteiger partial charge in [0, 0.05) is 23.3 Å². The normalized spacial score (nSPS) is 11.5. The molecular formula is C16H15N3OS. The molecule has 0 aromatic carbocycles. The van der Waals surface area contributed by atoms with E-state index in [1.165, 1.54) is 11.3 Å². The van der Waals surface area contributed by atoms with Crippen LogP contribution in [0, 0.1) is 0 Å². The molecule has 3 heterocycles. The summed E-state index contributed by atoms with van der Waals surface area (Å²) >= 11 is 1.47. The minimum absolute atomic E-state index is 0.0313. The summed E-state index contributed by atoms with van der Waals surface area (Å²) in [7, 11) is 0. The summed E-state index contributed by atoms with van der Waals surface area (Å²) in [5, 5.41) is 1.88. The molecule has 0 radical (unpaired) electrons. The molecule has 3 rings (SSSR count). The molecule has 0 atom stereocenters. The molecule has 4 nitrogen and oxygen atoms in total. The molecule has 0 aliphatic heterocycles. The lowest BCUT2D eigenvalue weighted by molar-refractivity contribution is 0.875. The van der Waals surface area contributed by atoms with E-state index in [4.69, 9.17) is 0 Å². The summed E-state index contributed by atoms with van der Waals surface area (Å²) in [6.07, 6.45) is 8.95. The zero-order valence-electron chi connectivity index (χ0n) is 11.7. The number of nitrogens with zero attached hydrogens (tertiary/aromatic N) is 3. The van der Waals surface area contributed by atoms with Gasteiger partial charge in [-0.1, -0.05) is 19.4 Å². The minimum Gasteiger partial charge on any atom is -0.269 e. The van der Waals surface area contributed by atoms with Crippen LogP contribution in [0.15, 0.2) is 40.8 Å². The highest BCUT2D eigenvalue weighted by molar-refractivity contribution is 7.15. The first-order chi connectivity index (χ1) is 10.3. The molecule has 5 heteroatoms. The molecule has 0 N–H and O–H groups in total. The lowest BCUT2D eigenvalue weighted by Gasteiger charge is -2.04. The van der Waals surface area contributed by atoms with Gasteiger partial charge in [-0.05, 0) is 30.7 Å². The van der Waals surface area contributed by atoms with Crippen molar-refractivity contribution in [2.24, 2.45) is 0 Å². The predicted octanol–water partition coefficient (Wildman–Crippen LogP) is 3.27. The van der Waals surface area contributed by atoms with Crippen LogP contribution in [-0.2, 0) is 6.42 Å². The Kier molecular flexibility index (Phi) is 3.92. The van der Waals surface area contributed by atoms with E-state index in [0.29, 0.717) is 0 Å². The van der Waals surface area contributed by atoms with Crippen molar-refractivity contribution in [1.82, 2.24) is 14.4 Å². The fourth-order valence-corrected chi connectivity index (χ4v) is 2.91. The van der Waals surface area contributed by atoms with Crippen LogP contribution in [0.25, 0.3) is 17.1 Å². The second-order valence-electron chi connectivity index (χ2n) is 4.67. The summed E-state index contributed by atoms with van der Waals surface area (Å²) in [4.78, 5) is 22.1. The van der Waals surface area contributed by atoms with Gasteiger partial charge in [0.25, 0.3) is 5.56 Å². The smallest absolute Gasteiger partial charge is 0.262 e. The molecule has 0 unspecified atom stereocenters. The number of hydrogen-bond acceptors (Lipinski definition) is 4. The van der Waals surface area contributed by atoms with Crippen molar-refractivity contribution < 1.29 is 0 Å². The maximum atomic E-state index is 12.5. The van der Waals surface area contributed by atoms with E-state index in [2.05, 4.69) is 16.9 Å². The van der Waals surface area contributed by atoms with E-state index in [0.717, 1.165) is 34.8 Å². The van der Waals surface area contributed by atoms with Gasteiger partial charge in [0.2, 0.25) is 0 Å². The van der Waals surface area contributed by atoms with Crippen LogP contribution in [0.5, 0.6) is 0 Å². The molecule has 3 aromatic heterocycles. The Morgan fingerprint density at radius 3 is 3.00 bits per heavy atom. The van der Waals surface area contributed by atoms with Gasteiger partial charge in [0.05, 0.1) is 11.4 Å². The molecule has 0 fully saturated rings. The molecule has 3 aromatic rings. The van der Waals surface area contributed by atoms with Gasteiger partial charge in [-0.2, -0.15) is 0 Å². The largest absolute Gasteiger partial charge is 0.269 e. The van der Waals surface area contributed by atoms with Crippen molar-refractivity contribution in [2.75, 3.05) is 0 Å². The fraction of sp³-hybridized carbons (Fsp3) is 0.188. The Morgan fingerprint density at radius 2 is 2.24 bits per heavy atom. The van der Waals surface area contributed by atoms with Crippen LogP contribution < -0.4 is 5.56 Å². The SMILES string of the molecule is CCCc1c(/C=C/c2ccccn2)nc2sccn2c1=O. The predicted molar refractivity (Wildman–Crippen MR) is 86.5 cm³/mol. The van der Waals surface area contributed by atoms with Crippen molar-refractivity contribution in [1.29, 1.82) is 0 Å². The van der Waals surface area contributed by atoms with Crippen molar-refractivity contribution in [3.8, 4) is 0 Å². The molecule has 21 heavy (non-hydrogen) atoms. The van der Waals surface area contributed by atoms with Gasteiger partial charge in [-0.3, -0.25) is 14.2 Å². The van der Waals surface area contributed by atoms with Crippen LogP contribution in [0.1, 0.15) is 30.3 Å². The van der Waals surface area contributed by atoms with Gasteiger partial charge in [-0.15, -0.1) is 11.3 Å². The van der Waals surface area contributed by atoms with Gasteiger partial charge in [0.15, 0.2) is 4.96 Å². The quantitative estimate of drug-likeness (QED) is 0.742. The highest BCUT2D eigenvalue weighted by Crippen LogP contribution is 2.14. The maximum absolute atomic E-state index is 12.5. The van der Waals surface area contributed by atoms with Crippen LogP contribution in [-0.4, -0.2) is 14.4 Å². The van der Waals surface area contributed by atoms with E-state index in [9.17, 15) is 4.79 Å². The van der Waals surface area contributed by atoms with E-state index < -0.39 is 0 Å². The van der Waals surface area contributed by atoms with Crippen LogP contribution in [0.2, 0.25) is 0 Å². The van der Waals surface area contributed by atoms with Gasteiger partial charge in [-0.25, -0.2) is 4.98 Å². The first-order valence-electron chi connectivity index (χ1n) is 6.87. The summed E-state index contributed by atoms with van der Waals surface area (Å²) in [5.74, 6) is 0. The molecule has 0 amide bonds. The number of hydrogen-bond donors (Lipinski definition) is 0. The van der Waals surface area contributed by atoms with Crippen LogP contribution >= 0.6 is 11.3 Å². The topological polar surface area (TPSA) is 47.3 Å². The van der Waals surface area contributed by atoms with Crippen LogP contribution in [0.3, 0.4) is 0 Å². The molecular weight excluding hydrogens is 282 g/mol. The second-order valence-corrected chi connectivity index (χ2v) is 5.55. The van der Waals surface area contributed by atoms with Gasteiger partial charge >= 0.3 is 0 Å². The molecule has 106 valence electrons. The van der Waals surface area contributed by atoms with Crippen molar-refractivity contribution in [3.05, 3.63) is 63.3 Å². The third-order valence-electron chi connectivity index (χ3n) is 3.19. The molecule has 0 aliphatic carbocycles. The summed E-state index contributed by atoms with van der Waals surface area (Å²) in [6.45, 7) is 2.06. The van der Waals surface area contributed by atoms with Gasteiger partial charge in [0.1, 0.15) is 0 Å². The standard InChI is InChI=1S/C16H15N3OS/c1-2-5-13-14(8-7-12-6-3-4-9-17-12)18-16-19(15(13)20)10-11-21-16/h3-4,6-11H,2,5H2,1H3/b8-7+. The van der Waals surface area contributed by atoms with Crippen molar-refractivity contribution >= 4 is 28.4 Å². The van der Waals surface area contributed by atoms with Crippen LogP contribution in [0.4, 0.5) is 0 Å². The van der Waals surface area contributed by atoms with Crippen molar-refractivity contribution in [3.63, 3.8) is 0 Å². The number of rotatable bonds is 4. The zero-order chi connectivity index (χ0) is 14.7. The lowest BCUT2D eigenvalue weighted by Crippen LogP contribution is -2.19. The third kappa shape index (κ3) is 2.78. The summed E-state index contributed by atoms with van der Waals surface area (Å²) < 4.78 is 1.62. The molecule has 0 bridgehead atoms. The lowest BCUT2D eigenvalue weighted by atomic mass is 10.1. The maximum Gasteiger partial charge on any atom is 0.262 e. The highest BCUT2D eigenvalue weighted by Gasteiger charge is 2.10. The zero-order valence-corrected chi connectivity index (χ0v) is 12.5. The number of thiazole rings is 1. The molecule has 0 saturated heterocycles. The van der Waals surface area contributed by atoms with Crippen molar-refractivity contribution in [2.45, 2.75) is 19.8 Å². The monoisotopic (exact) mass is 297 g/mol.